The van der Waals surface area contributed by atoms with Crippen molar-refractivity contribution >= 4 is 24.0 Å². The number of pyridine rings is 1. The van der Waals surface area contributed by atoms with Gasteiger partial charge in [-0.1, -0.05) is 6.07 Å². The molecule has 1 atom stereocenters. The minimum absolute atomic E-state index is 0. The van der Waals surface area contributed by atoms with Crippen LogP contribution in [0.4, 0.5) is 5.69 Å². The van der Waals surface area contributed by atoms with Crippen molar-refractivity contribution in [1.82, 2.24) is 4.98 Å². The van der Waals surface area contributed by atoms with Crippen molar-refractivity contribution in [3.05, 3.63) is 42.7 Å². The van der Waals surface area contributed by atoms with Crippen LogP contribution in [0, 0.1) is 0 Å². The number of methoxy groups -OCH3 is 1. The number of nitrogens with one attached hydrogen (secondary N) is 1. The number of benzene rings is 1. The predicted octanol–water partition coefficient (Wildman–Crippen LogP) is 2.85. The van der Waals surface area contributed by atoms with Gasteiger partial charge in [0.25, 0.3) is 0 Å². The molecule has 1 unspecified atom stereocenters. The van der Waals surface area contributed by atoms with Crippen LogP contribution < -0.4 is 15.8 Å². The Morgan fingerprint density at radius 3 is 2.55 bits per heavy atom. The van der Waals surface area contributed by atoms with Crippen LogP contribution in [0.1, 0.15) is 13.3 Å². The summed E-state index contributed by atoms with van der Waals surface area (Å²) in [6.45, 7) is 1.80. The van der Waals surface area contributed by atoms with Gasteiger partial charge in [0.05, 0.1) is 12.8 Å². The number of anilines is 1. The number of nitrogens with two attached hydrogens (primary N) is 1. The van der Waals surface area contributed by atoms with E-state index < -0.39 is 0 Å². The number of rotatable bonds is 5. The number of nitrogens with zero attached hydrogens (tertiary/aromatic N) is 1. The largest absolute Gasteiger partial charge is 0.495 e. The maximum Gasteiger partial charge on any atom is 0.226 e. The first-order chi connectivity index (χ1) is 10.1. The fourth-order valence-electron chi connectivity index (χ4n) is 2.02. The Morgan fingerprint density at radius 1 is 1.27 bits per heavy atom. The van der Waals surface area contributed by atoms with E-state index in [-0.39, 0.29) is 30.8 Å². The molecule has 0 fully saturated rings. The number of carbonyl (C=O) groups is 1. The lowest BCUT2D eigenvalue weighted by Gasteiger charge is -2.13. The lowest BCUT2D eigenvalue weighted by Crippen LogP contribution is -2.24. The van der Waals surface area contributed by atoms with Crippen molar-refractivity contribution in [3.63, 3.8) is 0 Å². The second kappa shape index (κ2) is 8.36. The van der Waals surface area contributed by atoms with Crippen molar-refractivity contribution < 1.29 is 9.53 Å². The van der Waals surface area contributed by atoms with Gasteiger partial charge in [-0.05, 0) is 42.3 Å². The van der Waals surface area contributed by atoms with Crippen LogP contribution in [0.15, 0.2) is 42.7 Å². The standard InChI is InChI=1S/C16H19N3O2.ClH/c1-11(17)9-16(20)19-14-10-13(3-4-15(14)21-2)12-5-7-18-8-6-12;/h3-8,10-11H,9,17H2,1-2H3,(H,19,20);1H. The summed E-state index contributed by atoms with van der Waals surface area (Å²) in [7, 11) is 1.57. The van der Waals surface area contributed by atoms with Gasteiger partial charge in [0.1, 0.15) is 5.75 Å². The topological polar surface area (TPSA) is 77.2 Å². The highest BCUT2D eigenvalue weighted by Gasteiger charge is 2.11. The van der Waals surface area contributed by atoms with E-state index in [2.05, 4.69) is 10.3 Å². The van der Waals surface area contributed by atoms with Crippen LogP contribution in [0.3, 0.4) is 0 Å². The first-order valence-corrected chi connectivity index (χ1v) is 6.74. The highest BCUT2D eigenvalue weighted by Crippen LogP contribution is 2.30. The molecule has 5 nitrogen and oxygen atoms in total. The highest BCUT2D eigenvalue weighted by molar-refractivity contribution is 5.93. The van der Waals surface area contributed by atoms with Gasteiger partial charge in [0, 0.05) is 24.9 Å². The molecule has 0 aliphatic rings. The molecular formula is C16H20ClN3O2. The molecule has 0 saturated carbocycles. The molecule has 22 heavy (non-hydrogen) atoms. The van der Waals surface area contributed by atoms with Crippen LogP contribution in [0.25, 0.3) is 11.1 Å². The molecule has 0 aliphatic carbocycles. The molecule has 0 spiro atoms. The summed E-state index contributed by atoms with van der Waals surface area (Å²) in [5, 5.41) is 2.84. The fraction of sp³-hybridized carbons (Fsp3) is 0.250. The Bertz CT molecular complexity index is 618. The molecule has 118 valence electrons. The minimum Gasteiger partial charge on any atom is -0.495 e. The average molecular weight is 322 g/mol. The molecule has 2 rings (SSSR count). The summed E-state index contributed by atoms with van der Waals surface area (Å²) in [5.74, 6) is 0.487. The molecule has 6 heteroatoms. The molecule has 1 heterocycles. The zero-order valence-electron chi connectivity index (χ0n) is 12.6. The zero-order valence-corrected chi connectivity index (χ0v) is 13.4. The molecule has 0 radical (unpaired) electrons. The minimum atomic E-state index is -0.181. The number of aromatic nitrogens is 1. The molecular weight excluding hydrogens is 302 g/mol. The molecule has 2 aromatic rings. The number of ether oxygens (including phenoxy) is 1. The van der Waals surface area contributed by atoms with Crippen molar-refractivity contribution in [3.8, 4) is 16.9 Å². The van der Waals surface area contributed by atoms with E-state index >= 15 is 0 Å². The van der Waals surface area contributed by atoms with Crippen molar-refractivity contribution in [2.75, 3.05) is 12.4 Å². The van der Waals surface area contributed by atoms with E-state index in [9.17, 15) is 4.79 Å². The second-order valence-corrected chi connectivity index (χ2v) is 4.88. The third-order valence-corrected chi connectivity index (χ3v) is 2.99. The van der Waals surface area contributed by atoms with Gasteiger partial charge in [-0.25, -0.2) is 0 Å². The van der Waals surface area contributed by atoms with Crippen LogP contribution in [-0.2, 0) is 4.79 Å². The van der Waals surface area contributed by atoms with Crippen molar-refractivity contribution in [1.29, 1.82) is 0 Å². The van der Waals surface area contributed by atoms with Gasteiger partial charge < -0.3 is 15.8 Å². The van der Waals surface area contributed by atoms with E-state index in [1.165, 1.54) is 0 Å². The Morgan fingerprint density at radius 2 is 1.95 bits per heavy atom. The van der Waals surface area contributed by atoms with Crippen molar-refractivity contribution in [2.24, 2.45) is 5.73 Å². The molecule has 3 N–H and O–H groups in total. The van der Waals surface area contributed by atoms with E-state index in [1.54, 1.807) is 26.4 Å². The maximum absolute atomic E-state index is 11.9. The third kappa shape index (κ3) is 4.72. The lowest BCUT2D eigenvalue weighted by molar-refractivity contribution is -0.116. The summed E-state index contributed by atoms with van der Waals surface area (Å²) in [4.78, 5) is 15.9. The van der Waals surface area contributed by atoms with Gasteiger partial charge in [0.2, 0.25) is 5.91 Å². The first-order valence-electron chi connectivity index (χ1n) is 6.74. The van der Waals surface area contributed by atoms with E-state index in [0.29, 0.717) is 11.4 Å². The van der Waals surface area contributed by atoms with Gasteiger partial charge in [-0.2, -0.15) is 0 Å². The predicted molar refractivity (Wildman–Crippen MR) is 90.4 cm³/mol. The number of hydrogen-bond donors (Lipinski definition) is 2. The fourth-order valence-corrected chi connectivity index (χ4v) is 2.02. The van der Waals surface area contributed by atoms with Gasteiger partial charge in [-0.3, -0.25) is 9.78 Å². The summed E-state index contributed by atoms with van der Waals surface area (Å²) in [6.07, 6.45) is 3.73. The SMILES string of the molecule is COc1ccc(-c2ccncc2)cc1NC(=O)CC(C)N.Cl. The summed E-state index contributed by atoms with van der Waals surface area (Å²) in [6, 6.07) is 9.30. The van der Waals surface area contributed by atoms with Gasteiger partial charge in [-0.15, -0.1) is 12.4 Å². The monoisotopic (exact) mass is 321 g/mol. The van der Waals surface area contributed by atoms with E-state index in [0.717, 1.165) is 11.1 Å². The van der Waals surface area contributed by atoms with Gasteiger partial charge >= 0.3 is 0 Å². The van der Waals surface area contributed by atoms with Crippen LogP contribution in [-0.4, -0.2) is 24.0 Å². The Balaban J connectivity index is 0.00000242. The van der Waals surface area contributed by atoms with Crippen LogP contribution in [0.2, 0.25) is 0 Å². The molecule has 1 aromatic carbocycles. The first kappa shape index (κ1) is 17.9. The lowest BCUT2D eigenvalue weighted by atomic mass is 10.1. The third-order valence-electron chi connectivity index (χ3n) is 2.99. The quantitative estimate of drug-likeness (QED) is 0.887. The highest BCUT2D eigenvalue weighted by atomic mass is 35.5. The smallest absolute Gasteiger partial charge is 0.226 e. The summed E-state index contributed by atoms with van der Waals surface area (Å²) >= 11 is 0. The number of carbonyl (C=O) groups excluding carboxylic acids is 1. The maximum atomic E-state index is 11.9. The Labute approximate surface area is 136 Å². The van der Waals surface area contributed by atoms with E-state index in [1.807, 2.05) is 30.3 Å². The number of halogens is 1. The Hall–Kier alpha value is -2.11. The number of hydrogen-bond acceptors (Lipinski definition) is 4. The Kier molecular flexibility index (Phi) is 6.82. The van der Waals surface area contributed by atoms with Crippen LogP contribution >= 0.6 is 12.4 Å². The molecule has 1 amide bonds. The molecule has 0 bridgehead atoms. The van der Waals surface area contributed by atoms with Gasteiger partial charge in [0.15, 0.2) is 0 Å². The normalized spacial score (nSPS) is 11.2. The van der Waals surface area contributed by atoms with Crippen molar-refractivity contribution in [2.45, 2.75) is 19.4 Å². The summed E-state index contributed by atoms with van der Waals surface area (Å²) in [5.41, 5.74) is 8.28. The van der Waals surface area contributed by atoms with E-state index in [4.69, 9.17) is 10.5 Å². The molecule has 1 aromatic heterocycles. The molecule has 0 aliphatic heterocycles. The summed E-state index contributed by atoms with van der Waals surface area (Å²) < 4.78 is 5.28. The zero-order chi connectivity index (χ0) is 15.2. The second-order valence-electron chi connectivity index (χ2n) is 4.88. The molecule has 0 saturated heterocycles. The number of amides is 1. The van der Waals surface area contributed by atoms with Crippen LogP contribution in [0.5, 0.6) is 5.75 Å². The average Bonchev–Trinajstić information content (AvgIpc) is 2.47.